The highest BCUT2D eigenvalue weighted by atomic mass is 16.5. The van der Waals surface area contributed by atoms with E-state index < -0.39 is 0 Å². The molecular weight excluding hydrogens is 254 g/mol. The van der Waals surface area contributed by atoms with Crippen molar-refractivity contribution in [3.63, 3.8) is 0 Å². The van der Waals surface area contributed by atoms with Crippen molar-refractivity contribution in [1.29, 1.82) is 0 Å². The molecule has 1 aromatic heterocycles. The zero-order chi connectivity index (χ0) is 14.5. The molecule has 0 saturated heterocycles. The Morgan fingerprint density at radius 3 is 2.50 bits per heavy atom. The van der Waals surface area contributed by atoms with Crippen LogP contribution in [-0.2, 0) is 0 Å². The standard InChI is InChI=1S/C15H19N3O2/c1-10-5-4-8-17-14(10)15(18-16)11-6-7-12(19-2)13(9-11)20-3/h4-9,15,18H,16H2,1-3H3. The van der Waals surface area contributed by atoms with Gasteiger partial charge >= 0.3 is 0 Å². The summed E-state index contributed by atoms with van der Waals surface area (Å²) in [5, 5.41) is 0. The average molecular weight is 273 g/mol. The molecule has 2 aromatic rings. The average Bonchev–Trinajstić information content (AvgIpc) is 2.49. The predicted molar refractivity (Wildman–Crippen MR) is 77.7 cm³/mol. The second kappa shape index (κ2) is 6.36. The van der Waals surface area contributed by atoms with E-state index in [0.29, 0.717) is 11.5 Å². The second-order valence-corrected chi connectivity index (χ2v) is 4.42. The molecule has 0 aliphatic rings. The lowest BCUT2D eigenvalue weighted by Gasteiger charge is -2.19. The summed E-state index contributed by atoms with van der Waals surface area (Å²) in [5.74, 6) is 7.06. The minimum Gasteiger partial charge on any atom is -0.493 e. The number of rotatable bonds is 5. The van der Waals surface area contributed by atoms with E-state index in [4.69, 9.17) is 15.3 Å². The molecule has 0 amide bonds. The Morgan fingerprint density at radius 2 is 1.90 bits per heavy atom. The van der Waals surface area contributed by atoms with Crippen molar-refractivity contribution in [2.45, 2.75) is 13.0 Å². The number of nitrogens with two attached hydrogens (primary N) is 1. The van der Waals surface area contributed by atoms with Gasteiger partial charge in [-0.3, -0.25) is 10.8 Å². The van der Waals surface area contributed by atoms with E-state index in [0.717, 1.165) is 16.8 Å². The lowest BCUT2D eigenvalue weighted by atomic mass is 10.00. The van der Waals surface area contributed by atoms with Gasteiger partial charge in [0.15, 0.2) is 11.5 Å². The maximum Gasteiger partial charge on any atom is 0.161 e. The molecule has 1 atom stereocenters. The zero-order valence-corrected chi connectivity index (χ0v) is 11.9. The first kappa shape index (κ1) is 14.3. The predicted octanol–water partition coefficient (Wildman–Crippen LogP) is 1.96. The summed E-state index contributed by atoms with van der Waals surface area (Å²) in [7, 11) is 3.22. The van der Waals surface area contributed by atoms with Gasteiger partial charge in [0.25, 0.3) is 0 Å². The third-order valence-corrected chi connectivity index (χ3v) is 3.23. The van der Waals surface area contributed by atoms with E-state index in [1.54, 1.807) is 20.4 Å². The van der Waals surface area contributed by atoms with Crippen molar-refractivity contribution in [3.8, 4) is 11.5 Å². The number of hydrogen-bond donors (Lipinski definition) is 2. The molecule has 1 heterocycles. The van der Waals surface area contributed by atoms with Gasteiger partial charge in [-0.2, -0.15) is 0 Å². The Morgan fingerprint density at radius 1 is 1.15 bits per heavy atom. The van der Waals surface area contributed by atoms with Gasteiger partial charge in [-0.25, -0.2) is 5.43 Å². The number of benzene rings is 1. The minimum absolute atomic E-state index is 0.198. The van der Waals surface area contributed by atoms with E-state index in [2.05, 4.69) is 10.4 Å². The number of methoxy groups -OCH3 is 2. The number of nitrogens with one attached hydrogen (secondary N) is 1. The Bertz CT molecular complexity index is 587. The van der Waals surface area contributed by atoms with Crippen molar-refractivity contribution in [3.05, 3.63) is 53.3 Å². The number of ether oxygens (including phenoxy) is 2. The molecular formula is C15H19N3O2. The Hall–Kier alpha value is -2.11. The van der Waals surface area contributed by atoms with Crippen molar-refractivity contribution >= 4 is 0 Å². The van der Waals surface area contributed by atoms with Crippen LogP contribution in [0.3, 0.4) is 0 Å². The number of nitrogens with zero attached hydrogens (tertiary/aromatic N) is 1. The summed E-state index contributed by atoms with van der Waals surface area (Å²) >= 11 is 0. The molecule has 0 radical (unpaired) electrons. The molecule has 2 rings (SSSR count). The van der Waals surface area contributed by atoms with Gasteiger partial charge in [-0.1, -0.05) is 12.1 Å². The molecule has 0 fully saturated rings. The maximum absolute atomic E-state index is 5.71. The maximum atomic E-state index is 5.71. The van der Waals surface area contributed by atoms with Crippen LogP contribution in [0.25, 0.3) is 0 Å². The highest BCUT2D eigenvalue weighted by Gasteiger charge is 2.17. The van der Waals surface area contributed by atoms with Gasteiger partial charge < -0.3 is 9.47 Å². The molecule has 20 heavy (non-hydrogen) atoms. The smallest absolute Gasteiger partial charge is 0.161 e. The molecule has 5 heteroatoms. The summed E-state index contributed by atoms with van der Waals surface area (Å²) < 4.78 is 10.6. The van der Waals surface area contributed by atoms with Gasteiger partial charge in [-0.15, -0.1) is 0 Å². The highest BCUT2D eigenvalue weighted by Crippen LogP contribution is 2.32. The fraction of sp³-hybridized carbons (Fsp3) is 0.267. The van der Waals surface area contributed by atoms with Crippen LogP contribution in [0.4, 0.5) is 0 Å². The molecule has 0 bridgehead atoms. The number of pyridine rings is 1. The van der Waals surface area contributed by atoms with Crippen LogP contribution in [0, 0.1) is 6.92 Å². The fourth-order valence-corrected chi connectivity index (χ4v) is 2.17. The van der Waals surface area contributed by atoms with Crippen LogP contribution in [0.1, 0.15) is 22.9 Å². The summed E-state index contributed by atoms with van der Waals surface area (Å²) in [5.41, 5.74) is 5.74. The largest absolute Gasteiger partial charge is 0.493 e. The minimum atomic E-state index is -0.198. The summed E-state index contributed by atoms with van der Waals surface area (Å²) in [6, 6.07) is 9.42. The van der Waals surface area contributed by atoms with Crippen molar-refractivity contribution in [2.24, 2.45) is 5.84 Å². The SMILES string of the molecule is COc1ccc(C(NN)c2ncccc2C)cc1OC. The molecule has 0 saturated carbocycles. The van der Waals surface area contributed by atoms with Crippen LogP contribution in [0.5, 0.6) is 11.5 Å². The molecule has 3 N–H and O–H groups in total. The molecule has 0 aliphatic carbocycles. The lowest BCUT2D eigenvalue weighted by molar-refractivity contribution is 0.354. The van der Waals surface area contributed by atoms with Crippen molar-refractivity contribution in [2.75, 3.05) is 14.2 Å². The first-order valence-electron chi connectivity index (χ1n) is 6.30. The molecule has 1 unspecified atom stereocenters. The molecule has 1 aromatic carbocycles. The van der Waals surface area contributed by atoms with E-state index in [1.165, 1.54) is 0 Å². The molecule has 5 nitrogen and oxygen atoms in total. The molecule has 0 spiro atoms. The summed E-state index contributed by atoms with van der Waals surface area (Å²) in [4.78, 5) is 4.41. The highest BCUT2D eigenvalue weighted by molar-refractivity contribution is 5.45. The van der Waals surface area contributed by atoms with Gasteiger partial charge in [0.1, 0.15) is 0 Å². The van der Waals surface area contributed by atoms with Crippen LogP contribution in [0.2, 0.25) is 0 Å². The quantitative estimate of drug-likeness (QED) is 0.644. The van der Waals surface area contributed by atoms with E-state index in [-0.39, 0.29) is 6.04 Å². The van der Waals surface area contributed by atoms with Gasteiger partial charge in [-0.05, 0) is 36.2 Å². The van der Waals surface area contributed by atoms with Crippen LogP contribution >= 0.6 is 0 Å². The van der Waals surface area contributed by atoms with E-state index in [1.807, 2.05) is 37.3 Å². The number of aryl methyl sites for hydroxylation is 1. The molecule has 0 aliphatic heterocycles. The van der Waals surface area contributed by atoms with Crippen LogP contribution in [-0.4, -0.2) is 19.2 Å². The third kappa shape index (κ3) is 2.74. The van der Waals surface area contributed by atoms with Gasteiger partial charge in [0, 0.05) is 6.20 Å². The third-order valence-electron chi connectivity index (χ3n) is 3.23. The van der Waals surface area contributed by atoms with Gasteiger partial charge in [0.05, 0.1) is 26.0 Å². The number of aromatic nitrogens is 1. The lowest BCUT2D eigenvalue weighted by Crippen LogP contribution is -2.30. The topological polar surface area (TPSA) is 69.4 Å². The van der Waals surface area contributed by atoms with E-state index in [9.17, 15) is 0 Å². The molecule has 106 valence electrons. The zero-order valence-electron chi connectivity index (χ0n) is 11.9. The van der Waals surface area contributed by atoms with Crippen LogP contribution < -0.4 is 20.7 Å². The van der Waals surface area contributed by atoms with E-state index >= 15 is 0 Å². The number of hydrogen-bond acceptors (Lipinski definition) is 5. The van der Waals surface area contributed by atoms with Crippen molar-refractivity contribution < 1.29 is 9.47 Å². The van der Waals surface area contributed by atoms with Gasteiger partial charge in [0.2, 0.25) is 0 Å². The first-order valence-corrected chi connectivity index (χ1v) is 6.30. The Labute approximate surface area is 118 Å². The Balaban J connectivity index is 2.45. The summed E-state index contributed by atoms with van der Waals surface area (Å²) in [6.07, 6.45) is 1.76. The second-order valence-electron chi connectivity index (χ2n) is 4.42. The number of hydrazine groups is 1. The fourth-order valence-electron chi connectivity index (χ4n) is 2.17. The monoisotopic (exact) mass is 273 g/mol. The summed E-state index contributed by atoms with van der Waals surface area (Å²) in [6.45, 7) is 2.01. The van der Waals surface area contributed by atoms with Crippen LogP contribution in [0.15, 0.2) is 36.5 Å². The van der Waals surface area contributed by atoms with Crippen molar-refractivity contribution in [1.82, 2.24) is 10.4 Å². The first-order chi connectivity index (χ1) is 9.71. The Kier molecular flexibility index (Phi) is 4.55. The normalized spacial score (nSPS) is 12.0.